The molecule has 3 heteroatoms. The zero-order valence-electron chi connectivity index (χ0n) is 9.08. The number of hydrogen-bond acceptors (Lipinski definition) is 2. The van der Waals surface area contributed by atoms with Gasteiger partial charge in [-0.2, -0.15) is 5.26 Å². The third-order valence-corrected chi connectivity index (χ3v) is 3.33. The minimum atomic E-state index is -0.397. The maximum Gasteiger partial charge on any atom is 0.0992 e. The van der Waals surface area contributed by atoms with Crippen molar-refractivity contribution in [1.29, 1.82) is 5.26 Å². The highest BCUT2D eigenvalue weighted by molar-refractivity contribution is 5.35. The smallest absolute Gasteiger partial charge is 0.0992 e. The Bertz CT molecular complexity index is 387. The summed E-state index contributed by atoms with van der Waals surface area (Å²) < 4.78 is 18.6. The molecule has 0 aromatic heterocycles. The van der Waals surface area contributed by atoms with Gasteiger partial charge < -0.3 is 4.74 Å². The summed E-state index contributed by atoms with van der Waals surface area (Å²) in [6.07, 6.45) is 1.44. The summed E-state index contributed by atoms with van der Waals surface area (Å²) >= 11 is 0. The second-order valence-corrected chi connectivity index (χ2v) is 4.22. The van der Waals surface area contributed by atoms with Crippen molar-refractivity contribution in [1.82, 2.24) is 0 Å². The molecule has 0 N–H and O–H groups in total. The SMILES string of the molecule is N#Cc1ccc(C2(CF)CCOCC2)cc1. The van der Waals surface area contributed by atoms with Gasteiger partial charge in [0.15, 0.2) is 0 Å². The summed E-state index contributed by atoms with van der Waals surface area (Å²) in [5.74, 6) is 0. The second-order valence-electron chi connectivity index (χ2n) is 4.22. The predicted molar refractivity (Wildman–Crippen MR) is 58.9 cm³/mol. The number of alkyl halides is 1. The first-order valence-electron chi connectivity index (χ1n) is 5.45. The summed E-state index contributed by atoms with van der Waals surface area (Å²) in [7, 11) is 0. The number of nitriles is 1. The van der Waals surface area contributed by atoms with Gasteiger partial charge >= 0.3 is 0 Å². The fourth-order valence-corrected chi connectivity index (χ4v) is 2.16. The van der Waals surface area contributed by atoms with E-state index in [9.17, 15) is 4.39 Å². The minimum Gasteiger partial charge on any atom is -0.381 e. The number of rotatable bonds is 2. The summed E-state index contributed by atoms with van der Waals surface area (Å²) in [6.45, 7) is 0.871. The van der Waals surface area contributed by atoms with Crippen LogP contribution in [0.5, 0.6) is 0 Å². The number of benzene rings is 1. The summed E-state index contributed by atoms with van der Waals surface area (Å²) in [6, 6.07) is 9.30. The molecule has 0 aliphatic carbocycles. The Hall–Kier alpha value is -1.40. The molecule has 0 atom stereocenters. The van der Waals surface area contributed by atoms with Gasteiger partial charge in [-0.15, -0.1) is 0 Å². The van der Waals surface area contributed by atoms with Crippen molar-refractivity contribution in [3.63, 3.8) is 0 Å². The lowest BCUT2D eigenvalue weighted by Gasteiger charge is -2.35. The topological polar surface area (TPSA) is 33.0 Å². The molecule has 1 aromatic carbocycles. The molecule has 0 radical (unpaired) electrons. The van der Waals surface area contributed by atoms with Gasteiger partial charge in [-0.05, 0) is 30.5 Å². The quantitative estimate of drug-likeness (QED) is 0.765. The molecule has 0 bridgehead atoms. The molecule has 0 spiro atoms. The van der Waals surface area contributed by atoms with Crippen LogP contribution in [0.3, 0.4) is 0 Å². The molecule has 0 unspecified atom stereocenters. The van der Waals surface area contributed by atoms with E-state index in [-0.39, 0.29) is 6.67 Å². The minimum absolute atomic E-state index is 0.359. The van der Waals surface area contributed by atoms with Crippen LogP contribution in [0.4, 0.5) is 4.39 Å². The van der Waals surface area contributed by atoms with E-state index in [2.05, 4.69) is 6.07 Å². The van der Waals surface area contributed by atoms with Gasteiger partial charge in [-0.3, -0.25) is 4.39 Å². The molecule has 1 saturated heterocycles. The Balaban J connectivity index is 2.29. The number of ether oxygens (including phenoxy) is 1. The first-order valence-corrected chi connectivity index (χ1v) is 5.45. The Morgan fingerprint density at radius 1 is 1.25 bits per heavy atom. The van der Waals surface area contributed by atoms with Crippen LogP contribution in [0, 0.1) is 11.3 Å². The van der Waals surface area contributed by atoms with Gasteiger partial charge in [0.2, 0.25) is 0 Å². The largest absolute Gasteiger partial charge is 0.381 e. The summed E-state index contributed by atoms with van der Waals surface area (Å²) in [5, 5.41) is 8.72. The first kappa shape index (κ1) is 11.1. The van der Waals surface area contributed by atoms with Gasteiger partial charge in [-0.25, -0.2) is 0 Å². The average Bonchev–Trinajstić information content (AvgIpc) is 2.39. The van der Waals surface area contributed by atoms with Gasteiger partial charge in [0.1, 0.15) is 0 Å². The van der Waals surface area contributed by atoms with Crippen molar-refractivity contribution in [3.8, 4) is 6.07 Å². The number of halogens is 1. The van der Waals surface area contributed by atoms with Gasteiger partial charge in [0.25, 0.3) is 0 Å². The molecular formula is C13H14FNO. The van der Waals surface area contributed by atoms with Crippen molar-refractivity contribution in [2.24, 2.45) is 0 Å². The normalized spacial score (nSPS) is 19.0. The molecule has 2 rings (SSSR count). The van der Waals surface area contributed by atoms with E-state index in [4.69, 9.17) is 10.00 Å². The molecule has 1 aromatic rings. The van der Waals surface area contributed by atoms with Gasteiger partial charge in [-0.1, -0.05) is 12.1 Å². The van der Waals surface area contributed by atoms with Crippen LogP contribution >= 0.6 is 0 Å². The molecule has 16 heavy (non-hydrogen) atoms. The molecule has 1 aliphatic heterocycles. The van der Waals surface area contributed by atoms with E-state index < -0.39 is 5.41 Å². The Labute approximate surface area is 94.7 Å². The monoisotopic (exact) mass is 219 g/mol. The second kappa shape index (κ2) is 4.63. The maximum absolute atomic E-state index is 13.3. The van der Waals surface area contributed by atoms with E-state index in [1.54, 1.807) is 12.1 Å². The molecule has 1 fully saturated rings. The first-order chi connectivity index (χ1) is 7.80. The van der Waals surface area contributed by atoms with Crippen molar-refractivity contribution in [3.05, 3.63) is 35.4 Å². The third-order valence-electron chi connectivity index (χ3n) is 3.33. The maximum atomic E-state index is 13.3. The Kier molecular flexibility index (Phi) is 3.21. The summed E-state index contributed by atoms with van der Waals surface area (Å²) in [5.41, 5.74) is 1.20. The molecule has 0 amide bonds. The van der Waals surface area contributed by atoms with Crippen molar-refractivity contribution < 1.29 is 9.13 Å². The predicted octanol–water partition coefficient (Wildman–Crippen LogP) is 2.58. The molecule has 84 valence electrons. The number of nitrogens with zero attached hydrogens (tertiary/aromatic N) is 1. The molecule has 0 saturated carbocycles. The van der Waals surface area contributed by atoms with E-state index in [1.807, 2.05) is 12.1 Å². The lowest BCUT2D eigenvalue weighted by Crippen LogP contribution is -2.35. The molecule has 2 nitrogen and oxygen atoms in total. The van der Waals surface area contributed by atoms with Gasteiger partial charge in [0, 0.05) is 18.6 Å². The number of hydrogen-bond donors (Lipinski definition) is 0. The molecule has 1 aliphatic rings. The van der Waals surface area contributed by atoms with Crippen LogP contribution in [0.15, 0.2) is 24.3 Å². The van der Waals surface area contributed by atoms with Crippen LogP contribution in [0.25, 0.3) is 0 Å². The highest BCUT2D eigenvalue weighted by Crippen LogP contribution is 2.35. The van der Waals surface area contributed by atoms with E-state index in [0.29, 0.717) is 18.8 Å². The van der Waals surface area contributed by atoms with Crippen LogP contribution in [-0.4, -0.2) is 19.9 Å². The summed E-state index contributed by atoms with van der Waals surface area (Å²) in [4.78, 5) is 0. The lowest BCUT2D eigenvalue weighted by atomic mass is 9.75. The van der Waals surface area contributed by atoms with Crippen LogP contribution in [0.1, 0.15) is 24.0 Å². The van der Waals surface area contributed by atoms with Crippen LogP contribution in [0.2, 0.25) is 0 Å². The molecular weight excluding hydrogens is 205 g/mol. The van der Waals surface area contributed by atoms with Crippen molar-refractivity contribution in [2.45, 2.75) is 18.3 Å². The van der Waals surface area contributed by atoms with E-state index in [1.165, 1.54) is 0 Å². The zero-order valence-corrected chi connectivity index (χ0v) is 9.08. The Morgan fingerprint density at radius 3 is 2.38 bits per heavy atom. The van der Waals surface area contributed by atoms with Crippen LogP contribution in [-0.2, 0) is 10.2 Å². The molecule has 1 heterocycles. The standard InChI is InChI=1S/C13H14FNO/c14-10-13(5-7-16-8-6-13)12-3-1-11(9-15)2-4-12/h1-4H,5-8,10H2. The Morgan fingerprint density at radius 2 is 1.88 bits per heavy atom. The highest BCUT2D eigenvalue weighted by atomic mass is 19.1. The van der Waals surface area contributed by atoms with Gasteiger partial charge in [0.05, 0.1) is 18.3 Å². The van der Waals surface area contributed by atoms with E-state index >= 15 is 0 Å². The van der Waals surface area contributed by atoms with Crippen molar-refractivity contribution >= 4 is 0 Å². The third kappa shape index (κ3) is 1.94. The average molecular weight is 219 g/mol. The fourth-order valence-electron chi connectivity index (χ4n) is 2.16. The van der Waals surface area contributed by atoms with E-state index in [0.717, 1.165) is 18.4 Å². The fraction of sp³-hybridized carbons (Fsp3) is 0.462. The lowest BCUT2D eigenvalue weighted by molar-refractivity contribution is 0.0402. The highest BCUT2D eigenvalue weighted by Gasteiger charge is 2.34. The van der Waals surface area contributed by atoms with Crippen molar-refractivity contribution in [2.75, 3.05) is 19.9 Å². The zero-order chi connectivity index (χ0) is 11.4. The van der Waals surface area contributed by atoms with Crippen LogP contribution < -0.4 is 0 Å².